The van der Waals surface area contributed by atoms with Crippen molar-refractivity contribution in [2.45, 2.75) is 6.92 Å². The Kier molecular flexibility index (Phi) is 4.95. The van der Waals surface area contributed by atoms with Crippen molar-refractivity contribution in [3.05, 3.63) is 59.7 Å². The van der Waals surface area contributed by atoms with Crippen LogP contribution in [0, 0.1) is 6.92 Å². The standard InChI is InChI=1S/C16H15ClN2O2/c1-11-5-4-6-12(9-11)18-16(21)13-7-2-3-8-14(13)19-15(20)10-17/h2-9H,10H2,1H3,(H,18,21)(H,19,20). The number of aryl methyl sites for hydroxylation is 1. The number of amides is 2. The molecular formula is C16H15ClN2O2. The van der Waals surface area contributed by atoms with Gasteiger partial charge in [-0.25, -0.2) is 0 Å². The number of alkyl halides is 1. The second kappa shape index (κ2) is 6.90. The zero-order valence-electron chi connectivity index (χ0n) is 11.5. The van der Waals surface area contributed by atoms with Crippen molar-refractivity contribution in [2.75, 3.05) is 16.5 Å². The van der Waals surface area contributed by atoms with E-state index in [0.717, 1.165) is 5.56 Å². The predicted molar refractivity (Wildman–Crippen MR) is 84.9 cm³/mol. The number of carbonyl (C=O) groups excluding carboxylic acids is 2. The molecule has 5 heteroatoms. The molecule has 0 atom stereocenters. The molecule has 4 nitrogen and oxygen atoms in total. The van der Waals surface area contributed by atoms with Crippen LogP contribution in [0.25, 0.3) is 0 Å². The molecule has 0 aromatic heterocycles. The molecular weight excluding hydrogens is 288 g/mol. The SMILES string of the molecule is Cc1cccc(NC(=O)c2ccccc2NC(=O)CCl)c1. The third-order valence-electron chi connectivity index (χ3n) is 2.84. The van der Waals surface area contributed by atoms with E-state index in [4.69, 9.17) is 11.6 Å². The van der Waals surface area contributed by atoms with Crippen molar-refractivity contribution < 1.29 is 9.59 Å². The molecule has 0 spiro atoms. The van der Waals surface area contributed by atoms with Gasteiger partial charge in [0.05, 0.1) is 11.3 Å². The number of para-hydroxylation sites is 1. The van der Waals surface area contributed by atoms with E-state index in [0.29, 0.717) is 16.9 Å². The molecule has 2 amide bonds. The van der Waals surface area contributed by atoms with Gasteiger partial charge >= 0.3 is 0 Å². The molecule has 0 heterocycles. The Morgan fingerprint density at radius 3 is 2.52 bits per heavy atom. The van der Waals surface area contributed by atoms with Crippen LogP contribution in [0.3, 0.4) is 0 Å². The van der Waals surface area contributed by atoms with Crippen LogP contribution in [0.15, 0.2) is 48.5 Å². The fourth-order valence-electron chi connectivity index (χ4n) is 1.89. The molecule has 2 rings (SSSR count). The zero-order valence-corrected chi connectivity index (χ0v) is 12.3. The topological polar surface area (TPSA) is 58.2 Å². The Hall–Kier alpha value is -2.33. The fourth-order valence-corrected chi connectivity index (χ4v) is 1.96. The van der Waals surface area contributed by atoms with Gasteiger partial charge in [0.1, 0.15) is 5.88 Å². The van der Waals surface area contributed by atoms with Crippen LogP contribution >= 0.6 is 11.6 Å². The predicted octanol–water partition coefficient (Wildman–Crippen LogP) is 3.42. The fraction of sp³-hybridized carbons (Fsp3) is 0.125. The summed E-state index contributed by atoms with van der Waals surface area (Å²) in [5, 5.41) is 5.41. The quantitative estimate of drug-likeness (QED) is 0.850. The zero-order chi connectivity index (χ0) is 15.2. The van der Waals surface area contributed by atoms with Gasteiger partial charge < -0.3 is 10.6 Å². The van der Waals surface area contributed by atoms with Crippen LogP contribution in [0.1, 0.15) is 15.9 Å². The minimum absolute atomic E-state index is 0.159. The molecule has 0 saturated heterocycles. The highest BCUT2D eigenvalue weighted by atomic mass is 35.5. The maximum atomic E-state index is 12.3. The maximum absolute atomic E-state index is 12.3. The van der Waals surface area contributed by atoms with E-state index in [1.807, 2.05) is 31.2 Å². The van der Waals surface area contributed by atoms with Crippen molar-refractivity contribution in [1.29, 1.82) is 0 Å². The Morgan fingerprint density at radius 2 is 1.81 bits per heavy atom. The molecule has 0 unspecified atom stereocenters. The van der Waals surface area contributed by atoms with Crippen LogP contribution in [-0.2, 0) is 4.79 Å². The summed E-state index contributed by atoms with van der Waals surface area (Å²) in [7, 11) is 0. The Balaban J connectivity index is 2.21. The van der Waals surface area contributed by atoms with Gasteiger partial charge in [-0.15, -0.1) is 11.6 Å². The highest BCUT2D eigenvalue weighted by molar-refractivity contribution is 6.29. The number of anilines is 2. The highest BCUT2D eigenvalue weighted by Crippen LogP contribution is 2.18. The van der Waals surface area contributed by atoms with Crippen LogP contribution in [0.5, 0.6) is 0 Å². The van der Waals surface area contributed by atoms with Crippen molar-refractivity contribution in [3.8, 4) is 0 Å². The molecule has 0 aliphatic rings. The lowest BCUT2D eigenvalue weighted by Gasteiger charge is -2.11. The first kappa shape index (κ1) is 15.1. The third kappa shape index (κ3) is 4.07. The number of rotatable bonds is 4. The van der Waals surface area contributed by atoms with Crippen molar-refractivity contribution >= 4 is 34.8 Å². The smallest absolute Gasteiger partial charge is 0.257 e. The van der Waals surface area contributed by atoms with E-state index >= 15 is 0 Å². The number of carbonyl (C=O) groups is 2. The Morgan fingerprint density at radius 1 is 1.05 bits per heavy atom. The number of halogens is 1. The lowest BCUT2D eigenvalue weighted by atomic mass is 10.1. The van der Waals surface area contributed by atoms with Crippen molar-refractivity contribution in [3.63, 3.8) is 0 Å². The molecule has 0 fully saturated rings. The van der Waals surface area contributed by atoms with E-state index in [1.54, 1.807) is 24.3 Å². The lowest BCUT2D eigenvalue weighted by Crippen LogP contribution is -2.18. The lowest BCUT2D eigenvalue weighted by molar-refractivity contribution is -0.113. The second-order valence-electron chi connectivity index (χ2n) is 4.55. The number of benzene rings is 2. The largest absolute Gasteiger partial charge is 0.324 e. The molecule has 2 aromatic carbocycles. The summed E-state index contributed by atoms with van der Waals surface area (Å²) in [6.07, 6.45) is 0. The molecule has 0 radical (unpaired) electrons. The molecule has 0 bridgehead atoms. The van der Waals surface area contributed by atoms with Crippen LogP contribution in [0.2, 0.25) is 0 Å². The minimum atomic E-state index is -0.354. The van der Waals surface area contributed by atoms with Gasteiger partial charge in [-0.3, -0.25) is 9.59 Å². The van der Waals surface area contributed by atoms with Gasteiger partial charge in [-0.2, -0.15) is 0 Å². The van der Waals surface area contributed by atoms with Gasteiger partial charge in [-0.1, -0.05) is 24.3 Å². The molecule has 2 N–H and O–H groups in total. The van der Waals surface area contributed by atoms with Gasteiger partial charge in [0.15, 0.2) is 0 Å². The maximum Gasteiger partial charge on any atom is 0.257 e. The van der Waals surface area contributed by atoms with Crippen LogP contribution in [0.4, 0.5) is 11.4 Å². The summed E-state index contributed by atoms with van der Waals surface area (Å²) in [4.78, 5) is 23.7. The normalized spacial score (nSPS) is 10.0. The molecule has 0 aliphatic heterocycles. The highest BCUT2D eigenvalue weighted by Gasteiger charge is 2.12. The van der Waals surface area contributed by atoms with E-state index in [2.05, 4.69) is 10.6 Å². The Labute approximate surface area is 128 Å². The summed E-state index contributed by atoms with van der Waals surface area (Å²) in [6.45, 7) is 1.95. The summed E-state index contributed by atoms with van der Waals surface area (Å²) < 4.78 is 0. The number of hydrogen-bond acceptors (Lipinski definition) is 2. The number of nitrogens with one attached hydrogen (secondary N) is 2. The van der Waals surface area contributed by atoms with Gasteiger partial charge in [0, 0.05) is 5.69 Å². The van der Waals surface area contributed by atoms with E-state index in [1.165, 1.54) is 0 Å². The number of hydrogen-bond donors (Lipinski definition) is 2. The molecule has 108 valence electrons. The van der Waals surface area contributed by atoms with Crippen LogP contribution < -0.4 is 10.6 Å². The summed E-state index contributed by atoms with van der Waals surface area (Å²) in [6, 6.07) is 14.3. The van der Waals surface area contributed by atoms with Crippen LogP contribution in [-0.4, -0.2) is 17.7 Å². The van der Waals surface area contributed by atoms with Crippen molar-refractivity contribution in [1.82, 2.24) is 0 Å². The molecule has 21 heavy (non-hydrogen) atoms. The minimum Gasteiger partial charge on any atom is -0.324 e. The summed E-state index contributed by atoms with van der Waals surface area (Å²) in [5.74, 6) is -0.799. The van der Waals surface area contributed by atoms with E-state index < -0.39 is 0 Å². The molecule has 2 aromatic rings. The van der Waals surface area contributed by atoms with E-state index in [-0.39, 0.29) is 17.7 Å². The monoisotopic (exact) mass is 302 g/mol. The second-order valence-corrected chi connectivity index (χ2v) is 4.82. The average molecular weight is 303 g/mol. The van der Waals surface area contributed by atoms with E-state index in [9.17, 15) is 9.59 Å². The third-order valence-corrected chi connectivity index (χ3v) is 3.09. The van der Waals surface area contributed by atoms with Crippen molar-refractivity contribution in [2.24, 2.45) is 0 Å². The molecule has 0 saturated carbocycles. The van der Waals surface area contributed by atoms with Gasteiger partial charge in [-0.05, 0) is 36.8 Å². The summed E-state index contributed by atoms with van der Waals surface area (Å²) >= 11 is 5.47. The summed E-state index contributed by atoms with van der Waals surface area (Å²) in [5.41, 5.74) is 2.58. The first-order chi connectivity index (χ1) is 10.1. The first-order valence-electron chi connectivity index (χ1n) is 6.43. The van der Waals surface area contributed by atoms with Gasteiger partial charge in [0.2, 0.25) is 5.91 Å². The Bertz CT molecular complexity index is 671. The molecule has 0 aliphatic carbocycles. The van der Waals surface area contributed by atoms with Gasteiger partial charge in [0.25, 0.3) is 5.91 Å². The average Bonchev–Trinajstić information content (AvgIpc) is 2.47. The first-order valence-corrected chi connectivity index (χ1v) is 6.96.